The topological polar surface area (TPSA) is 191 Å². The van der Waals surface area contributed by atoms with E-state index in [0.29, 0.717) is 0 Å². The van der Waals surface area contributed by atoms with E-state index in [-0.39, 0.29) is 5.56 Å². The van der Waals surface area contributed by atoms with Gasteiger partial charge in [-0.05, 0) is 0 Å². The number of urea groups is 2. The SMILES string of the molecule is O=C1N=C2C(=O)N(S(=O)(=O)O)C(=O)N(S(=O)(=O)O)C2(c2ccccc2)N1. The number of hydrogen-bond donors (Lipinski definition) is 3. The van der Waals surface area contributed by atoms with Gasteiger partial charge in [-0.1, -0.05) is 30.3 Å². The summed E-state index contributed by atoms with van der Waals surface area (Å²) in [5, 5.41) is 1.97. The summed E-state index contributed by atoms with van der Waals surface area (Å²) in [7, 11) is -11.1. The lowest BCUT2D eigenvalue weighted by Gasteiger charge is -2.43. The molecule has 0 saturated carbocycles. The number of nitrogens with one attached hydrogen (secondary N) is 1. The van der Waals surface area contributed by atoms with Crippen LogP contribution in [0.1, 0.15) is 5.56 Å². The van der Waals surface area contributed by atoms with Crippen LogP contribution in [0.25, 0.3) is 0 Å². The summed E-state index contributed by atoms with van der Waals surface area (Å²) in [4.78, 5) is 39.8. The van der Waals surface area contributed by atoms with Crippen molar-refractivity contribution in [1.82, 2.24) is 13.9 Å². The number of carbonyl (C=O) groups excluding carboxylic acids is 3. The van der Waals surface area contributed by atoms with E-state index < -0.39 is 58.6 Å². The van der Waals surface area contributed by atoms with Crippen molar-refractivity contribution in [2.45, 2.75) is 5.66 Å². The number of amides is 5. The molecule has 26 heavy (non-hydrogen) atoms. The smallest absolute Gasteiger partial charge is 0.303 e. The Morgan fingerprint density at radius 3 is 2.04 bits per heavy atom. The summed E-state index contributed by atoms with van der Waals surface area (Å²) in [6, 6.07) is 3.19. The molecule has 5 amide bonds. The average molecular weight is 404 g/mol. The normalized spacial score (nSPS) is 23.6. The minimum atomic E-state index is -5.59. The molecule has 0 aliphatic carbocycles. The van der Waals surface area contributed by atoms with E-state index in [1.54, 1.807) is 0 Å². The molecule has 1 saturated heterocycles. The molecule has 1 unspecified atom stereocenters. The standard InChI is InChI=1S/C11H8N4O9S2/c16-8-7-11(13-9(17)12-7,6-4-2-1-3-5-6)15(26(22,23)24)10(18)14(8)25(19,20)21/h1-5H,(H,13,17)(H,19,20,21)(H,22,23,24). The first-order chi connectivity index (χ1) is 11.9. The molecule has 0 radical (unpaired) electrons. The lowest BCUT2D eigenvalue weighted by Crippen LogP contribution is -2.72. The van der Waals surface area contributed by atoms with Gasteiger partial charge in [0.1, 0.15) is 0 Å². The fourth-order valence-corrected chi connectivity index (χ4v) is 4.15. The molecular weight excluding hydrogens is 396 g/mol. The molecule has 0 bridgehead atoms. The van der Waals surface area contributed by atoms with Crippen molar-refractivity contribution in [3.05, 3.63) is 35.9 Å². The third-order valence-electron chi connectivity index (χ3n) is 3.54. The lowest BCUT2D eigenvalue weighted by atomic mass is 9.92. The second-order valence-corrected chi connectivity index (χ2v) is 7.56. The van der Waals surface area contributed by atoms with Crippen molar-refractivity contribution >= 4 is 44.3 Å². The summed E-state index contributed by atoms with van der Waals surface area (Å²) in [5.74, 6) is -1.76. The van der Waals surface area contributed by atoms with Gasteiger partial charge < -0.3 is 5.32 Å². The van der Waals surface area contributed by atoms with Crippen LogP contribution in [0.3, 0.4) is 0 Å². The van der Waals surface area contributed by atoms with Crippen molar-refractivity contribution in [2.75, 3.05) is 0 Å². The largest absolute Gasteiger partial charge is 0.370 e. The van der Waals surface area contributed by atoms with Gasteiger partial charge in [0, 0.05) is 5.56 Å². The van der Waals surface area contributed by atoms with Crippen molar-refractivity contribution in [2.24, 2.45) is 4.99 Å². The first-order valence-electron chi connectivity index (χ1n) is 6.51. The van der Waals surface area contributed by atoms with Crippen molar-refractivity contribution < 1.29 is 40.3 Å². The quantitative estimate of drug-likeness (QED) is 0.523. The Morgan fingerprint density at radius 1 is 0.962 bits per heavy atom. The molecule has 2 aliphatic rings. The zero-order chi connectivity index (χ0) is 19.5. The molecule has 0 spiro atoms. The van der Waals surface area contributed by atoms with Gasteiger partial charge in [0.05, 0.1) is 0 Å². The molecular formula is C11H8N4O9S2. The van der Waals surface area contributed by atoms with Gasteiger partial charge in [-0.25, -0.2) is 9.59 Å². The van der Waals surface area contributed by atoms with Gasteiger partial charge in [0.2, 0.25) is 5.66 Å². The van der Waals surface area contributed by atoms with Gasteiger partial charge >= 0.3 is 32.7 Å². The van der Waals surface area contributed by atoms with Gasteiger partial charge in [-0.2, -0.15) is 26.1 Å². The lowest BCUT2D eigenvalue weighted by molar-refractivity contribution is -0.120. The predicted octanol–water partition coefficient (Wildman–Crippen LogP) is -1.13. The monoisotopic (exact) mass is 404 g/mol. The van der Waals surface area contributed by atoms with E-state index >= 15 is 0 Å². The first-order valence-corrected chi connectivity index (χ1v) is 9.31. The van der Waals surface area contributed by atoms with E-state index in [2.05, 4.69) is 4.99 Å². The molecule has 138 valence electrons. The van der Waals surface area contributed by atoms with Crippen LogP contribution in [0.5, 0.6) is 0 Å². The molecule has 1 aromatic rings. The molecule has 2 heterocycles. The van der Waals surface area contributed by atoms with E-state index in [1.807, 2.05) is 5.32 Å². The molecule has 1 aromatic carbocycles. The Bertz CT molecular complexity index is 1080. The summed E-state index contributed by atoms with van der Waals surface area (Å²) in [5.41, 5.74) is -3.87. The van der Waals surface area contributed by atoms with E-state index in [9.17, 15) is 35.8 Å². The van der Waals surface area contributed by atoms with Crippen LogP contribution < -0.4 is 5.32 Å². The van der Waals surface area contributed by atoms with Crippen LogP contribution in [-0.4, -0.2) is 58.2 Å². The molecule has 1 atom stereocenters. The van der Waals surface area contributed by atoms with Crippen LogP contribution >= 0.6 is 0 Å². The van der Waals surface area contributed by atoms with Crippen LogP contribution in [-0.2, 0) is 31.1 Å². The molecule has 1 fully saturated rings. The van der Waals surface area contributed by atoms with Gasteiger partial charge in [0.15, 0.2) is 5.71 Å². The number of hydrogen-bond acceptors (Lipinski definition) is 7. The molecule has 3 rings (SSSR count). The third-order valence-corrected chi connectivity index (χ3v) is 5.21. The number of aliphatic imine (C=N–C) groups is 1. The summed E-state index contributed by atoms with van der Waals surface area (Å²) in [6.07, 6.45) is 0. The van der Waals surface area contributed by atoms with Crippen LogP contribution in [0.4, 0.5) is 9.59 Å². The molecule has 0 aromatic heterocycles. The number of carbonyl (C=O) groups is 3. The molecule has 13 nitrogen and oxygen atoms in total. The Balaban J connectivity index is 2.41. The van der Waals surface area contributed by atoms with E-state index in [1.165, 1.54) is 30.3 Å². The Kier molecular flexibility index (Phi) is 3.66. The summed E-state index contributed by atoms with van der Waals surface area (Å²) >= 11 is 0. The van der Waals surface area contributed by atoms with Crippen LogP contribution in [0, 0.1) is 0 Å². The van der Waals surface area contributed by atoms with E-state index in [0.717, 1.165) is 0 Å². The molecule has 15 heteroatoms. The van der Waals surface area contributed by atoms with E-state index in [4.69, 9.17) is 4.55 Å². The number of fused-ring (bicyclic) bond motifs is 1. The highest BCUT2D eigenvalue weighted by Crippen LogP contribution is 2.38. The minimum absolute atomic E-state index is 0.195. The highest BCUT2D eigenvalue weighted by molar-refractivity contribution is 7.86. The zero-order valence-corrected chi connectivity index (χ0v) is 13.9. The number of rotatable bonds is 3. The number of nitrogens with zero attached hydrogens (tertiary/aromatic N) is 3. The Morgan fingerprint density at radius 2 is 1.54 bits per heavy atom. The first kappa shape index (κ1) is 17.9. The average Bonchev–Trinajstić information content (AvgIpc) is 2.83. The van der Waals surface area contributed by atoms with Crippen LogP contribution in [0.15, 0.2) is 35.3 Å². The van der Waals surface area contributed by atoms with Gasteiger partial charge in [0.25, 0.3) is 5.91 Å². The van der Waals surface area contributed by atoms with Crippen molar-refractivity contribution in [3.8, 4) is 0 Å². The maximum Gasteiger partial charge on any atom is 0.370 e. The van der Waals surface area contributed by atoms with Crippen molar-refractivity contribution in [1.29, 1.82) is 0 Å². The second kappa shape index (κ2) is 5.31. The summed E-state index contributed by atoms with van der Waals surface area (Å²) < 4.78 is 63.7. The number of imide groups is 1. The summed E-state index contributed by atoms with van der Waals surface area (Å²) in [6.45, 7) is 0. The molecule has 3 N–H and O–H groups in total. The second-order valence-electron chi connectivity index (χ2n) is 5.04. The van der Waals surface area contributed by atoms with Crippen molar-refractivity contribution in [3.63, 3.8) is 0 Å². The fourth-order valence-electron chi connectivity index (χ4n) is 2.66. The third kappa shape index (κ3) is 2.37. The predicted molar refractivity (Wildman–Crippen MR) is 81.3 cm³/mol. The minimum Gasteiger partial charge on any atom is -0.303 e. The Labute approximate surface area is 145 Å². The van der Waals surface area contributed by atoms with Crippen LogP contribution in [0.2, 0.25) is 0 Å². The Hall–Kier alpha value is -2.88. The van der Waals surface area contributed by atoms with Gasteiger partial charge in [-0.15, -0.1) is 4.31 Å². The highest BCUT2D eigenvalue weighted by Gasteiger charge is 2.66. The fraction of sp³-hybridized carbons (Fsp3) is 0.0909. The maximum absolute atomic E-state index is 12.4. The molecule has 2 aliphatic heterocycles. The zero-order valence-electron chi connectivity index (χ0n) is 12.3. The van der Waals surface area contributed by atoms with Gasteiger partial charge in [-0.3, -0.25) is 13.9 Å². The number of benzene rings is 1. The maximum atomic E-state index is 12.4. The highest BCUT2D eigenvalue weighted by atomic mass is 32.2.